The van der Waals surface area contributed by atoms with Crippen molar-refractivity contribution in [2.24, 2.45) is 4.99 Å². The Morgan fingerprint density at radius 2 is 2.25 bits per heavy atom. The summed E-state index contributed by atoms with van der Waals surface area (Å²) in [4.78, 5) is 5.88. The SMILES string of the molecule is Cc1ccc2c(c1)SNC(=NC1CCC1)N2. The molecule has 0 unspecified atom stereocenters. The van der Waals surface area contributed by atoms with Gasteiger partial charge in [0.2, 0.25) is 5.96 Å². The minimum Gasteiger partial charge on any atom is -0.325 e. The second kappa shape index (κ2) is 4.01. The minimum atomic E-state index is 0.530. The van der Waals surface area contributed by atoms with Crippen LogP contribution >= 0.6 is 11.9 Å². The van der Waals surface area contributed by atoms with Crippen molar-refractivity contribution in [3.05, 3.63) is 23.8 Å². The summed E-state index contributed by atoms with van der Waals surface area (Å²) in [5.41, 5.74) is 2.45. The molecule has 1 aromatic rings. The molecular formula is C12H15N3S. The summed E-state index contributed by atoms with van der Waals surface area (Å²) in [6.45, 7) is 2.11. The van der Waals surface area contributed by atoms with E-state index in [0.717, 1.165) is 11.6 Å². The summed E-state index contributed by atoms with van der Waals surface area (Å²) in [5.74, 6) is 0.908. The van der Waals surface area contributed by atoms with E-state index in [-0.39, 0.29) is 0 Å². The smallest absolute Gasteiger partial charge is 0.206 e. The van der Waals surface area contributed by atoms with Crippen molar-refractivity contribution in [3.63, 3.8) is 0 Å². The molecule has 1 aromatic carbocycles. The third-order valence-electron chi connectivity index (χ3n) is 3.03. The molecule has 1 heterocycles. The van der Waals surface area contributed by atoms with E-state index >= 15 is 0 Å². The molecule has 0 bridgehead atoms. The van der Waals surface area contributed by atoms with Crippen LogP contribution in [0.25, 0.3) is 0 Å². The first-order valence-corrected chi connectivity index (χ1v) is 6.51. The Morgan fingerprint density at radius 3 is 3.00 bits per heavy atom. The van der Waals surface area contributed by atoms with Crippen LogP contribution in [0.1, 0.15) is 24.8 Å². The molecule has 84 valence electrons. The lowest BCUT2D eigenvalue weighted by molar-refractivity contribution is 0.419. The summed E-state index contributed by atoms with van der Waals surface area (Å²) in [7, 11) is 0. The van der Waals surface area contributed by atoms with E-state index < -0.39 is 0 Å². The maximum Gasteiger partial charge on any atom is 0.206 e. The van der Waals surface area contributed by atoms with E-state index in [0.29, 0.717) is 6.04 Å². The first-order valence-electron chi connectivity index (χ1n) is 5.69. The molecule has 16 heavy (non-hydrogen) atoms. The van der Waals surface area contributed by atoms with Gasteiger partial charge < -0.3 is 5.32 Å². The van der Waals surface area contributed by atoms with Gasteiger partial charge in [0.25, 0.3) is 0 Å². The van der Waals surface area contributed by atoms with Gasteiger partial charge in [-0.05, 0) is 55.8 Å². The molecule has 3 nitrogen and oxygen atoms in total. The van der Waals surface area contributed by atoms with E-state index in [2.05, 4.69) is 40.2 Å². The maximum atomic E-state index is 4.64. The highest BCUT2D eigenvalue weighted by Gasteiger charge is 2.19. The number of aryl methyl sites for hydroxylation is 1. The predicted octanol–water partition coefficient (Wildman–Crippen LogP) is 2.93. The molecule has 0 spiro atoms. The van der Waals surface area contributed by atoms with Gasteiger partial charge in [0.15, 0.2) is 0 Å². The predicted molar refractivity (Wildman–Crippen MR) is 68.9 cm³/mol. The van der Waals surface area contributed by atoms with Crippen LogP contribution in [0.4, 0.5) is 5.69 Å². The topological polar surface area (TPSA) is 36.4 Å². The number of guanidine groups is 1. The van der Waals surface area contributed by atoms with Crippen LogP contribution in [0, 0.1) is 6.92 Å². The molecule has 1 aliphatic heterocycles. The van der Waals surface area contributed by atoms with Gasteiger partial charge in [-0.25, -0.2) is 4.99 Å². The van der Waals surface area contributed by atoms with E-state index in [1.807, 2.05) is 0 Å². The number of anilines is 1. The van der Waals surface area contributed by atoms with Gasteiger partial charge >= 0.3 is 0 Å². The highest BCUT2D eigenvalue weighted by Crippen LogP contribution is 2.30. The zero-order chi connectivity index (χ0) is 11.0. The Morgan fingerprint density at radius 1 is 1.38 bits per heavy atom. The van der Waals surface area contributed by atoms with Crippen molar-refractivity contribution in [2.45, 2.75) is 37.1 Å². The standard InChI is InChI=1S/C12H15N3S/c1-8-5-6-10-11(7-8)16-15-12(14-10)13-9-3-2-4-9/h5-7,9H,2-4H2,1H3,(H2,13,14,15). The first kappa shape index (κ1) is 10.0. The molecule has 3 rings (SSSR count). The van der Waals surface area contributed by atoms with Gasteiger partial charge in [-0.3, -0.25) is 4.72 Å². The number of hydrogen-bond acceptors (Lipinski definition) is 2. The van der Waals surface area contributed by atoms with Crippen LogP contribution in [0.15, 0.2) is 28.1 Å². The van der Waals surface area contributed by atoms with E-state index in [1.165, 1.54) is 29.7 Å². The number of hydrogen-bond donors (Lipinski definition) is 2. The van der Waals surface area contributed by atoms with Gasteiger partial charge in [0.1, 0.15) is 0 Å². The summed E-state index contributed by atoms with van der Waals surface area (Å²) < 4.78 is 3.26. The molecular weight excluding hydrogens is 218 g/mol. The fourth-order valence-corrected chi connectivity index (χ4v) is 2.61. The molecule has 1 fully saturated rings. The average Bonchev–Trinajstić information content (AvgIpc) is 2.23. The third kappa shape index (κ3) is 1.89. The Bertz CT molecular complexity index is 438. The number of fused-ring (bicyclic) bond motifs is 1. The van der Waals surface area contributed by atoms with Crippen LogP contribution in [0.5, 0.6) is 0 Å². The lowest BCUT2D eigenvalue weighted by Gasteiger charge is -2.25. The Kier molecular flexibility index (Phi) is 2.52. The average molecular weight is 233 g/mol. The molecule has 1 aliphatic carbocycles. The van der Waals surface area contributed by atoms with Crippen LogP contribution in [-0.4, -0.2) is 12.0 Å². The molecule has 0 saturated heterocycles. The summed E-state index contributed by atoms with van der Waals surface area (Å²) in [5, 5.41) is 3.34. The summed E-state index contributed by atoms with van der Waals surface area (Å²) in [6.07, 6.45) is 3.79. The number of nitrogens with one attached hydrogen (secondary N) is 2. The Hall–Kier alpha value is -1.16. The number of nitrogens with zero attached hydrogens (tertiary/aromatic N) is 1. The molecule has 1 saturated carbocycles. The van der Waals surface area contributed by atoms with Crippen LogP contribution in [-0.2, 0) is 0 Å². The van der Waals surface area contributed by atoms with E-state index in [9.17, 15) is 0 Å². The summed E-state index contributed by atoms with van der Waals surface area (Å²) >= 11 is 1.64. The van der Waals surface area contributed by atoms with Crippen LogP contribution in [0.2, 0.25) is 0 Å². The normalized spacial score (nSPS) is 21.9. The van der Waals surface area contributed by atoms with Crippen LogP contribution in [0.3, 0.4) is 0 Å². The molecule has 0 amide bonds. The molecule has 0 atom stereocenters. The molecule has 0 aromatic heterocycles. The van der Waals surface area contributed by atoms with Crippen molar-refractivity contribution < 1.29 is 0 Å². The fourth-order valence-electron chi connectivity index (χ4n) is 1.83. The van der Waals surface area contributed by atoms with Crippen molar-refractivity contribution in [1.29, 1.82) is 0 Å². The summed E-state index contributed by atoms with van der Waals surface area (Å²) in [6, 6.07) is 6.95. The molecule has 2 N–H and O–H groups in total. The second-order valence-electron chi connectivity index (χ2n) is 4.39. The zero-order valence-corrected chi connectivity index (χ0v) is 10.1. The first-order chi connectivity index (χ1) is 7.81. The highest BCUT2D eigenvalue weighted by atomic mass is 32.2. The van der Waals surface area contributed by atoms with Crippen molar-refractivity contribution in [2.75, 3.05) is 5.32 Å². The quantitative estimate of drug-likeness (QED) is 0.732. The van der Waals surface area contributed by atoms with Crippen molar-refractivity contribution in [3.8, 4) is 0 Å². The minimum absolute atomic E-state index is 0.530. The van der Waals surface area contributed by atoms with Gasteiger partial charge in [0, 0.05) is 0 Å². The van der Waals surface area contributed by atoms with Gasteiger partial charge in [-0.1, -0.05) is 6.07 Å². The Balaban J connectivity index is 1.80. The van der Waals surface area contributed by atoms with Gasteiger partial charge in [-0.2, -0.15) is 0 Å². The fraction of sp³-hybridized carbons (Fsp3) is 0.417. The van der Waals surface area contributed by atoms with Crippen molar-refractivity contribution >= 4 is 23.6 Å². The Labute approximate surface area is 99.9 Å². The van der Waals surface area contributed by atoms with Gasteiger partial charge in [-0.15, -0.1) is 0 Å². The lowest BCUT2D eigenvalue weighted by atomic mass is 9.94. The van der Waals surface area contributed by atoms with E-state index in [4.69, 9.17) is 0 Å². The van der Waals surface area contributed by atoms with Crippen LogP contribution < -0.4 is 10.0 Å². The number of benzene rings is 1. The number of rotatable bonds is 1. The zero-order valence-electron chi connectivity index (χ0n) is 9.29. The number of aliphatic imine (C=N–C) groups is 1. The monoisotopic (exact) mass is 233 g/mol. The molecule has 4 heteroatoms. The third-order valence-corrected chi connectivity index (χ3v) is 3.89. The maximum absolute atomic E-state index is 4.64. The second-order valence-corrected chi connectivity index (χ2v) is 5.24. The lowest BCUT2D eigenvalue weighted by Crippen LogP contribution is -2.32. The van der Waals surface area contributed by atoms with E-state index in [1.54, 1.807) is 11.9 Å². The van der Waals surface area contributed by atoms with Crippen molar-refractivity contribution in [1.82, 2.24) is 4.72 Å². The molecule has 2 aliphatic rings. The molecule has 0 radical (unpaired) electrons. The highest BCUT2D eigenvalue weighted by molar-refractivity contribution is 7.98. The van der Waals surface area contributed by atoms with Gasteiger partial charge in [0.05, 0.1) is 16.6 Å². The largest absolute Gasteiger partial charge is 0.325 e.